The van der Waals surface area contributed by atoms with Crippen molar-refractivity contribution in [1.29, 1.82) is 0 Å². The molecule has 0 amide bonds. The largest absolute Gasteiger partial charge is 0.383 e. The SMILES string of the molecule is COCCNCCn1cncc1-c1ccsc1. The van der Waals surface area contributed by atoms with E-state index < -0.39 is 0 Å². The number of ether oxygens (including phenoxy) is 1. The molecular formula is C12H17N3OS. The van der Waals surface area contributed by atoms with Crippen LogP contribution >= 0.6 is 11.3 Å². The van der Waals surface area contributed by atoms with Gasteiger partial charge in [0.25, 0.3) is 0 Å². The van der Waals surface area contributed by atoms with Crippen molar-refractivity contribution in [2.45, 2.75) is 6.54 Å². The number of methoxy groups -OCH3 is 1. The summed E-state index contributed by atoms with van der Waals surface area (Å²) in [6.45, 7) is 3.49. The van der Waals surface area contributed by atoms with E-state index in [0.717, 1.165) is 26.2 Å². The molecule has 1 N–H and O–H groups in total. The van der Waals surface area contributed by atoms with Gasteiger partial charge < -0.3 is 14.6 Å². The minimum atomic E-state index is 0.751. The van der Waals surface area contributed by atoms with Gasteiger partial charge >= 0.3 is 0 Å². The molecule has 0 aromatic carbocycles. The molecule has 0 fully saturated rings. The third kappa shape index (κ3) is 3.39. The molecule has 0 aliphatic carbocycles. The summed E-state index contributed by atoms with van der Waals surface area (Å²) in [4.78, 5) is 4.21. The predicted octanol–water partition coefficient (Wildman–Crippen LogP) is 1.85. The van der Waals surface area contributed by atoms with E-state index in [2.05, 4.69) is 31.7 Å². The lowest BCUT2D eigenvalue weighted by molar-refractivity contribution is 0.199. The van der Waals surface area contributed by atoms with Crippen molar-refractivity contribution in [2.24, 2.45) is 0 Å². The Labute approximate surface area is 105 Å². The van der Waals surface area contributed by atoms with Crippen molar-refractivity contribution in [3.63, 3.8) is 0 Å². The molecule has 2 aromatic heterocycles. The monoisotopic (exact) mass is 251 g/mol. The van der Waals surface area contributed by atoms with Crippen LogP contribution in [0.15, 0.2) is 29.4 Å². The predicted molar refractivity (Wildman–Crippen MR) is 70.3 cm³/mol. The maximum atomic E-state index is 4.98. The Morgan fingerprint density at radius 2 is 2.41 bits per heavy atom. The summed E-state index contributed by atoms with van der Waals surface area (Å²) in [6.07, 6.45) is 3.79. The quantitative estimate of drug-likeness (QED) is 0.763. The fraction of sp³-hybridized carbons (Fsp3) is 0.417. The second-order valence-electron chi connectivity index (χ2n) is 3.73. The first kappa shape index (κ1) is 12.3. The first-order valence-electron chi connectivity index (χ1n) is 5.64. The normalized spacial score (nSPS) is 10.9. The van der Waals surface area contributed by atoms with E-state index in [9.17, 15) is 0 Å². The molecule has 0 radical (unpaired) electrons. The van der Waals surface area contributed by atoms with E-state index >= 15 is 0 Å². The van der Waals surface area contributed by atoms with Crippen LogP contribution in [0.4, 0.5) is 0 Å². The second kappa shape index (κ2) is 6.54. The lowest BCUT2D eigenvalue weighted by Gasteiger charge is -2.08. The van der Waals surface area contributed by atoms with Gasteiger partial charge in [-0.25, -0.2) is 4.98 Å². The lowest BCUT2D eigenvalue weighted by atomic mass is 10.2. The molecule has 0 spiro atoms. The number of aromatic nitrogens is 2. The third-order valence-electron chi connectivity index (χ3n) is 2.54. The van der Waals surface area contributed by atoms with E-state index in [0.29, 0.717) is 0 Å². The summed E-state index contributed by atoms with van der Waals surface area (Å²) in [6, 6.07) is 2.12. The topological polar surface area (TPSA) is 39.1 Å². The molecule has 0 saturated heterocycles. The van der Waals surface area contributed by atoms with Crippen molar-refractivity contribution < 1.29 is 4.74 Å². The Kier molecular flexibility index (Phi) is 4.73. The molecule has 0 atom stereocenters. The summed E-state index contributed by atoms with van der Waals surface area (Å²) < 4.78 is 7.15. The Morgan fingerprint density at radius 1 is 1.47 bits per heavy atom. The summed E-state index contributed by atoms with van der Waals surface area (Å²) in [5.41, 5.74) is 2.42. The molecule has 0 aliphatic heterocycles. The van der Waals surface area contributed by atoms with E-state index in [1.54, 1.807) is 18.4 Å². The van der Waals surface area contributed by atoms with Gasteiger partial charge in [0.05, 0.1) is 24.8 Å². The van der Waals surface area contributed by atoms with Gasteiger partial charge in [0.15, 0.2) is 0 Å². The van der Waals surface area contributed by atoms with Gasteiger partial charge in [0.2, 0.25) is 0 Å². The molecule has 0 saturated carbocycles. The van der Waals surface area contributed by atoms with Crippen LogP contribution in [0, 0.1) is 0 Å². The fourth-order valence-electron chi connectivity index (χ4n) is 1.65. The maximum absolute atomic E-state index is 4.98. The highest BCUT2D eigenvalue weighted by Crippen LogP contribution is 2.21. The molecular weight excluding hydrogens is 234 g/mol. The highest BCUT2D eigenvalue weighted by atomic mass is 32.1. The number of nitrogens with one attached hydrogen (secondary N) is 1. The van der Waals surface area contributed by atoms with Crippen molar-refractivity contribution in [3.8, 4) is 11.3 Å². The fourth-order valence-corrected chi connectivity index (χ4v) is 2.30. The van der Waals surface area contributed by atoms with E-state index in [4.69, 9.17) is 4.74 Å². The van der Waals surface area contributed by atoms with Crippen LogP contribution in [0.2, 0.25) is 0 Å². The first-order valence-corrected chi connectivity index (χ1v) is 6.58. The number of imidazole rings is 1. The van der Waals surface area contributed by atoms with Crippen molar-refractivity contribution >= 4 is 11.3 Å². The number of thiophene rings is 1. The average molecular weight is 251 g/mol. The maximum Gasteiger partial charge on any atom is 0.0951 e. The van der Waals surface area contributed by atoms with Gasteiger partial charge in [-0.3, -0.25) is 0 Å². The van der Waals surface area contributed by atoms with Crippen LogP contribution < -0.4 is 5.32 Å². The Bertz CT molecular complexity index is 425. The van der Waals surface area contributed by atoms with Crippen LogP contribution in [0.1, 0.15) is 0 Å². The first-order chi connectivity index (χ1) is 8.42. The molecule has 2 aromatic rings. The number of rotatable bonds is 7. The number of hydrogen-bond donors (Lipinski definition) is 1. The highest BCUT2D eigenvalue weighted by Gasteiger charge is 2.04. The van der Waals surface area contributed by atoms with Crippen LogP contribution in [0.25, 0.3) is 11.3 Å². The van der Waals surface area contributed by atoms with Crippen LogP contribution in [0.5, 0.6) is 0 Å². The molecule has 0 unspecified atom stereocenters. The van der Waals surface area contributed by atoms with Crippen LogP contribution in [-0.2, 0) is 11.3 Å². The molecule has 2 rings (SSSR count). The van der Waals surface area contributed by atoms with Crippen LogP contribution in [-0.4, -0.2) is 36.4 Å². The standard InChI is InChI=1S/C12H17N3OS/c1-16-6-4-13-3-5-15-10-14-8-12(15)11-2-7-17-9-11/h2,7-10,13H,3-6H2,1H3. The minimum Gasteiger partial charge on any atom is -0.383 e. The van der Waals surface area contributed by atoms with Gasteiger partial charge in [-0.05, 0) is 11.4 Å². The van der Waals surface area contributed by atoms with Crippen molar-refractivity contribution in [2.75, 3.05) is 26.8 Å². The Balaban J connectivity index is 1.87. The smallest absolute Gasteiger partial charge is 0.0951 e. The molecule has 0 bridgehead atoms. The zero-order valence-electron chi connectivity index (χ0n) is 9.93. The average Bonchev–Trinajstić information content (AvgIpc) is 2.98. The molecule has 0 aliphatic rings. The molecule has 4 nitrogen and oxygen atoms in total. The summed E-state index contributed by atoms with van der Waals surface area (Å²) in [5.74, 6) is 0. The lowest BCUT2D eigenvalue weighted by Crippen LogP contribution is -2.23. The molecule has 17 heavy (non-hydrogen) atoms. The molecule has 2 heterocycles. The second-order valence-corrected chi connectivity index (χ2v) is 4.51. The van der Waals surface area contributed by atoms with Gasteiger partial charge in [0.1, 0.15) is 0 Å². The van der Waals surface area contributed by atoms with Gasteiger partial charge in [-0.2, -0.15) is 11.3 Å². The third-order valence-corrected chi connectivity index (χ3v) is 3.22. The Hall–Kier alpha value is -1.17. The minimum absolute atomic E-state index is 0.751. The zero-order valence-corrected chi connectivity index (χ0v) is 10.7. The molecule has 5 heteroatoms. The van der Waals surface area contributed by atoms with Crippen LogP contribution in [0.3, 0.4) is 0 Å². The summed E-state index contributed by atoms with van der Waals surface area (Å²) in [7, 11) is 1.71. The van der Waals surface area contributed by atoms with Gasteiger partial charge in [0, 0.05) is 37.7 Å². The zero-order chi connectivity index (χ0) is 11.9. The number of hydrogen-bond acceptors (Lipinski definition) is 4. The van der Waals surface area contributed by atoms with E-state index in [1.807, 2.05) is 12.5 Å². The van der Waals surface area contributed by atoms with Crippen molar-refractivity contribution in [1.82, 2.24) is 14.9 Å². The van der Waals surface area contributed by atoms with E-state index in [-0.39, 0.29) is 0 Å². The van der Waals surface area contributed by atoms with Gasteiger partial charge in [-0.1, -0.05) is 0 Å². The van der Waals surface area contributed by atoms with Crippen molar-refractivity contribution in [3.05, 3.63) is 29.4 Å². The Morgan fingerprint density at radius 3 is 3.18 bits per heavy atom. The molecule has 92 valence electrons. The van der Waals surface area contributed by atoms with Gasteiger partial charge in [-0.15, -0.1) is 0 Å². The number of nitrogens with zero attached hydrogens (tertiary/aromatic N) is 2. The highest BCUT2D eigenvalue weighted by molar-refractivity contribution is 7.08. The van der Waals surface area contributed by atoms with E-state index in [1.165, 1.54) is 11.3 Å². The summed E-state index contributed by atoms with van der Waals surface area (Å²) >= 11 is 1.71. The summed E-state index contributed by atoms with van der Waals surface area (Å²) in [5, 5.41) is 7.56.